The third-order valence-corrected chi connectivity index (χ3v) is 5.59. The molecule has 0 atom stereocenters. The summed E-state index contributed by atoms with van der Waals surface area (Å²) < 4.78 is 42.5. The SMILES string of the molecule is CC.O=C(CCNCCCNCc1ccc(OC(F)(F)F)c(Cl)c1)Nc1cc(-n2c#cnc2)cc2[nH]ncc12. The lowest BCUT2D eigenvalue weighted by molar-refractivity contribution is -0.274. The van der Waals surface area contributed by atoms with E-state index >= 15 is 0 Å². The molecule has 13 heteroatoms. The molecular weight excluding hydrogens is 535 g/mol. The summed E-state index contributed by atoms with van der Waals surface area (Å²) in [5.41, 5.74) is 2.91. The maximum absolute atomic E-state index is 12.5. The van der Waals surface area contributed by atoms with E-state index in [1.807, 2.05) is 26.0 Å². The van der Waals surface area contributed by atoms with Gasteiger partial charge in [0.05, 0.1) is 34.3 Å². The smallest absolute Gasteiger partial charge is 0.404 e. The van der Waals surface area contributed by atoms with Crippen molar-refractivity contribution < 1.29 is 22.7 Å². The highest BCUT2D eigenvalue weighted by Gasteiger charge is 2.32. The Bertz CT molecular complexity index is 1330. The van der Waals surface area contributed by atoms with E-state index in [2.05, 4.69) is 48.3 Å². The lowest BCUT2D eigenvalue weighted by Crippen LogP contribution is -2.25. The van der Waals surface area contributed by atoms with E-state index in [0.29, 0.717) is 31.9 Å². The van der Waals surface area contributed by atoms with Crippen molar-refractivity contribution in [2.75, 3.05) is 25.0 Å². The van der Waals surface area contributed by atoms with E-state index in [4.69, 9.17) is 11.6 Å². The number of amides is 1. The van der Waals surface area contributed by atoms with Crippen molar-refractivity contribution in [1.29, 1.82) is 0 Å². The van der Waals surface area contributed by atoms with Gasteiger partial charge in [0.1, 0.15) is 12.1 Å². The quantitative estimate of drug-likeness (QED) is 0.180. The number of H-pyrrole nitrogens is 1. The van der Waals surface area contributed by atoms with E-state index < -0.39 is 12.1 Å². The van der Waals surface area contributed by atoms with Gasteiger partial charge in [-0.2, -0.15) is 10.1 Å². The molecule has 4 rings (SSSR count). The highest BCUT2D eigenvalue weighted by molar-refractivity contribution is 6.32. The Morgan fingerprint density at radius 3 is 2.67 bits per heavy atom. The Labute approximate surface area is 229 Å². The van der Waals surface area contributed by atoms with Crippen molar-refractivity contribution in [1.82, 2.24) is 30.4 Å². The van der Waals surface area contributed by atoms with Gasteiger partial charge in [-0.3, -0.25) is 14.5 Å². The first-order valence-electron chi connectivity index (χ1n) is 12.3. The molecule has 2 aromatic carbocycles. The molecule has 0 bridgehead atoms. The number of nitrogens with zero attached hydrogens (tertiary/aromatic N) is 3. The van der Waals surface area contributed by atoms with E-state index in [-0.39, 0.29) is 17.4 Å². The predicted molar refractivity (Wildman–Crippen MR) is 143 cm³/mol. The van der Waals surface area contributed by atoms with Gasteiger partial charge < -0.3 is 20.7 Å². The number of hydrogen-bond donors (Lipinski definition) is 4. The number of benzene rings is 2. The summed E-state index contributed by atoms with van der Waals surface area (Å²) in [4.78, 5) is 16.4. The van der Waals surface area contributed by atoms with Crippen LogP contribution in [0.5, 0.6) is 5.75 Å². The molecule has 0 radical (unpaired) electrons. The Kier molecular flexibility index (Phi) is 11.0. The number of carbonyl (C=O) groups is 1. The summed E-state index contributed by atoms with van der Waals surface area (Å²) >= 11 is 5.86. The van der Waals surface area contributed by atoms with Crippen LogP contribution in [0.15, 0.2) is 42.9 Å². The molecule has 1 amide bonds. The minimum atomic E-state index is -4.78. The molecular formula is C26H29ClF3N7O2. The van der Waals surface area contributed by atoms with Crippen molar-refractivity contribution in [2.24, 2.45) is 0 Å². The summed E-state index contributed by atoms with van der Waals surface area (Å²) in [5, 5.41) is 17.0. The minimum absolute atomic E-state index is 0.102. The molecule has 0 unspecified atom stereocenters. The molecule has 39 heavy (non-hydrogen) atoms. The summed E-state index contributed by atoms with van der Waals surface area (Å²) in [6, 6.07) is 7.86. The molecule has 2 heterocycles. The molecule has 0 spiro atoms. The lowest BCUT2D eigenvalue weighted by atomic mass is 10.2. The third-order valence-electron chi connectivity index (χ3n) is 5.29. The highest BCUT2D eigenvalue weighted by Crippen LogP contribution is 2.30. The Balaban J connectivity index is 0.00000205. The van der Waals surface area contributed by atoms with Crippen LogP contribution in [0, 0.1) is 12.4 Å². The van der Waals surface area contributed by atoms with Crippen LogP contribution in [0.2, 0.25) is 5.02 Å². The van der Waals surface area contributed by atoms with Crippen LogP contribution < -0.4 is 20.7 Å². The average molecular weight is 564 g/mol. The van der Waals surface area contributed by atoms with Gasteiger partial charge in [-0.25, -0.2) is 0 Å². The fraction of sp³-hybridized carbons (Fsp3) is 0.346. The van der Waals surface area contributed by atoms with Crippen LogP contribution in [0.1, 0.15) is 32.3 Å². The number of aromatic nitrogens is 4. The van der Waals surface area contributed by atoms with Crippen LogP contribution in [-0.2, 0) is 11.3 Å². The van der Waals surface area contributed by atoms with Crippen molar-refractivity contribution in [2.45, 2.75) is 39.6 Å². The zero-order valence-electron chi connectivity index (χ0n) is 21.5. The molecule has 0 aliphatic carbocycles. The predicted octanol–water partition coefficient (Wildman–Crippen LogP) is 5.03. The second kappa shape index (κ2) is 14.4. The number of ether oxygens (including phenoxy) is 1. The van der Waals surface area contributed by atoms with Crippen LogP contribution in [0.3, 0.4) is 0 Å². The first kappa shape index (κ1) is 29.8. The largest absolute Gasteiger partial charge is 0.573 e. The van der Waals surface area contributed by atoms with Crippen molar-refractivity contribution in [3.05, 3.63) is 65.8 Å². The van der Waals surface area contributed by atoms with Crippen LogP contribution in [-0.4, -0.2) is 51.7 Å². The van der Waals surface area contributed by atoms with Gasteiger partial charge in [-0.05, 0) is 49.3 Å². The Morgan fingerprint density at radius 2 is 1.95 bits per heavy atom. The Morgan fingerprint density at radius 1 is 1.15 bits per heavy atom. The molecule has 9 nitrogen and oxygen atoms in total. The van der Waals surface area contributed by atoms with Crippen molar-refractivity contribution >= 4 is 34.1 Å². The molecule has 0 aliphatic heterocycles. The van der Waals surface area contributed by atoms with Gasteiger partial charge in [0.15, 0.2) is 0 Å². The average Bonchev–Trinajstić information content (AvgIpc) is 3.60. The van der Waals surface area contributed by atoms with Gasteiger partial charge in [0.25, 0.3) is 0 Å². The second-order valence-corrected chi connectivity index (χ2v) is 8.46. The number of aromatic amines is 1. The molecule has 0 saturated carbocycles. The third kappa shape index (κ3) is 9.17. The minimum Gasteiger partial charge on any atom is -0.404 e. The van der Waals surface area contributed by atoms with Crippen molar-refractivity contribution in [3.8, 4) is 11.4 Å². The number of nitrogens with one attached hydrogen (secondary N) is 4. The van der Waals surface area contributed by atoms with E-state index in [1.165, 1.54) is 18.2 Å². The molecule has 4 N–H and O–H groups in total. The number of alkyl halides is 3. The van der Waals surface area contributed by atoms with E-state index in [1.54, 1.807) is 17.1 Å². The normalized spacial score (nSPS) is 11.0. The fourth-order valence-electron chi connectivity index (χ4n) is 3.58. The molecule has 208 valence electrons. The van der Waals surface area contributed by atoms with Gasteiger partial charge >= 0.3 is 6.36 Å². The van der Waals surface area contributed by atoms with E-state index in [0.717, 1.165) is 28.6 Å². The van der Waals surface area contributed by atoms with Crippen LogP contribution >= 0.6 is 11.6 Å². The number of anilines is 1. The molecule has 4 aromatic rings. The summed E-state index contributed by atoms with van der Waals surface area (Å²) in [6.45, 7) is 6.31. The summed E-state index contributed by atoms with van der Waals surface area (Å²) in [6.07, 6.45) is 4.98. The summed E-state index contributed by atoms with van der Waals surface area (Å²) in [7, 11) is 0. The van der Waals surface area contributed by atoms with Gasteiger partial charge in [-0.1, -0.05) is 31.5 Å². The zero-order valence-corrected chi connectivity index (χ0v) is 22.2. The van der Waals surface area contributed by atoms with Crippen LogP contribution in [0.25, 0.3) is 16.6 Å². The lowest BCUT2D eigenvalue weighted by Gasteiger charge is -2.12. The Hall–Kier alpha value is -3.79. The number of hydrogen-bond acceptors (Lipinski definition) is 6. The highest BCUT2D eigenvalue weighted by atomic mass is 35.5. The van der Waals surface area contributed by atoms with Gasteiger partial charge in [0.2, 0.25) is 5.91 Å². The number of rotatable bonds is 12. The maximum atomic E-state index is 12.5. The second-order valence-electron chi connectivity index (χ2n) is 8.05. The summed E-state index contributed by atoms with van der Waals surface area (Å²) in [5.74, 6) is -0.565. The fourth-order valence-corrected chi connectivity index (χ4v) is 3.82. The van der Waals surface area contributed by atoms with Crippen molar-refractivity contribution in [3.63, 3.8) is 0 Å². The van der Waals surface area contributed by atoms with E-state index in [9.17, 15) is 18.0 Å². The monoisotopic (exact) mass is 563 g/mol. The molecule has 2 aromatic heterocycles. The number of fused-ring (bicyclic) bond motifs is 1. The van der Waals surface area contributed by atoms with Gasteiger partial charge in [-0.15, -0.1) is 13.2 Å². The standard InChI is InChI=1S/C24H23ClF3N7O2.C2H6/c25-19-10-16(2-3-22(19)37-24(26,27)28)13-30-6-1-5-29-7-4-23(36)33-20-11-17(35-9-8-31-15-35)12-21-18(20)14-32-34-21;1-2/h2-3,10-12,14-15,29-30H,1,4-7,13H2,(H,32,34)(H,33,36);1-2H3. The molecule has 0 aliphatic rings. The molecule has 0 fully saturated rings. The zero-order chi connectivity index (χ0) is 28.3. The first-order chi connectivity index (χ1) is 18.8. The molecule has 0 saturated heterocycles. The van der Waals surface area contributed by atoms with Gasteiger partial charge in [0, 0.05) is 31.1 Å². The topological polar surface area (TPSA) is 109 Å². The number of carbonyl (C=O) groups excluding carboxylic acids is 1. The maximum Gasteiger partial charge on any atom is 0.573 e. The first-order valence-corrected chi connectivity index (χ1v) is 12.7. The number of halogens is 4. The van der Waals surface area contributed by atoms with Crippen LogP contribution in [0.4, 0.5) is 18.9 Å².